The first-order chi connectivity index (χ1) is 38.4. The highest BCUT2D eigenvalue weighted by Crippen LogP contribution is 2.24. The van der Waals surface area contributed by atoms with Crippen LogP contribution in [-0.4, -0.2) is 59.3 Å². The van der Waals surface area contributed by atoms with Gasteiger partial charge in [0.1, 0.15) is 0 Å². The van der Waals surface area contributed by atoms with Crippen molar-refractivity contribution in [1.82, 2.24) is 59.3 Å². The van der Waals surface area contributed by atoms with Crippen molar-refractivity contribution in [3.8, 4) is 0 Å². The van der Waals surface area contributed by atoms with Gasteiger partial charge in [0.2, 0.25) is 0 Å². The molecule has 24 bridgehead atoms. The number of rotatable bonds is 0. The fourth-order valence-electron chi connectivity index (χ4n) is 11.8. The first-order valence-corrected chi connectivity index (χ1v) is 27.7. The highest BCUT2D eigenvalue weighted by atomic mass is 15.2. The van der Waals surface area contributed by atoms with Crippen LogP contribution in [0.15, 0.2) is 182 Å². The minimum atomic E-state index is 0.721. The monoisotopic (exact) mass is 1030 g/mol. The molecule has 19 heterocycles. The summed E-state index contributed by atoms with van der Waals surface area (Å²) in [4.78, 5) is 46.6. The van der Waals surface area contributed by atoms with Crippen LogP contribution in [0.3, 0.4) is 0 Å². The second-order valence-electron chi connectivity index (χ2n) is 22.0. The van der Waals surface area contributed by atoms with Crippen LogP contribution in [0, 0.1) is 0 Å². The molecule has 0 amide bonds. The zero-order valence-electron chi connectivity index (χ0n) is 44.4. The van der Waals surface area contributed by atoms with Crippen molar-refractivity contribution in [2.75, 3.05) is 0 Å². The Balaban J connectivity index is 0.833. The van der Waals surface area contributed by atoms with Gasteiger partial charge in [-0.3, -0.25) is 59.3 Å². The van der Waals surface area contributed by atoms with E-state index >= 15 is 0 Å². The number of hydrogen-bond acceptors (Lipinski definition) is 12. The average molecular weight is 1030 g/mol. The number of pyridine rings is 6. The van der Waals surface area contributed by atoms with Gasteiger partial charge in [-0.05, 0) is 106 Å². The topological polar surface area (TPSA) is 96.8 Å². The van der Waals surface area contributed by atoms with Gasteiger partial charge in [-0.25, -0.2) is 0 Å². The molecule has 0 saturated carbocycles. The van der Waals surface area contributed by atoms with E-state index in [1.807, 2.05) is 0 Å². The predicted molar refractivity (Wildman–Crippen MR) is 302 cm³/mol. The lowest BCUT2D eigenvalue weighted by Gasteiger charge is -2.26. The number of hydrogen-bond donors (Lipinski definition) is 0. The third-order valence-electron chi connectivity index (χ3n) is 15.3. The highest BCUT2D eigenvalue weighted by molar-refractivity contribution is 5.28. The van der Waals surface area contributed by atoms with Crippen molar-refractivity contribution in [3.05, 3.63) is 284 Å². The number of benzene rings is 3. The Hall–Kier alpha value is -7.68. The van der Waals surface area contributed by atoms with E-state index in [0.29, 0.717) is 0 Å². The Bertz CT molecular complexity index is 2770. The van der Waals surface area contributed by atoms with Crippen LogP contribution in [0.4, 0.5) is 0 Å². The Kier molecular flexibility index (Phi) is 14.8. The fourth-order valence-corrected chi connectivity index (χ4v) is 11.8. The predicted octanol–water partition coefficient (Wildman–Crippen LogP) is 10.5. The summed E-state index contributed by atoms with van der Waals surface area (Å²) < 4.78 is 0. The second kappa shape index (κ2) is 23.1. The van der Waals surface area contributed by atoms with E-state index in [2.05, 4.69) is 211 Å². The molecule has 22 rings (SSSR count). The molecule has 0 fully saturated rings. The molecule has 13 aliphatic heterocycles. The van der Waals surface area contributed by atoms with Gasteiger partial charge in [-0.2, -0.15) is 0 Å². The summed E-state index contributed by atoms with van der Waals surface area (Å²) in [6.45, 7) is 13.3. The van der Waals surface area contributed by atoms with Crippen molar-refractivity contribution in [2.24, 2.45) is 0 Å². The zero-order valence-corrected chi connectivity index (χ0v) is 44.4. The zero-order chi connectivity index (χ0) is 52.0. The van der Waals surface area contributed by atoms with E-state index in [1.54, 1.807) is 0 Å². The van der Waals surface area contributed by atoms with Gasteiger partial charge in [0.15, 0.2) is 0 Å². The normalized spacial score (nSPS) is 21.7. The summed E-state index contributed by atoms with van der Waals surface area (Å²) in [5.74, 6) is 0. The van der Waals surface area contributed by atoms with Crippen molar-refractivity contribution >= 4 is 0 Å². The molecule has 390 valence electrons. The third kappa shape index (κ3) is 13.0. The summed E-state index contributed by atoms with van der Waals surface area (Å²) in [5.41, 5.74) is 20.4. The smallest absolute Gasteiger partial charge is 0.0548 e. The van der Waals surface area contributed by atoms with E-state index in [4.69, 9.17) is 29.9 Å². The van der Waals surface area contributed by atoms with Crippen LogP contribution in [0.25, 0.3) is 0 Å². The second-order valence-corrected chi connectivity index (χ2v) is 22.0. The van der Waals surface area contributed by atoms with E-state index < -0.39 is 0 Å². The van der Waals surface area contributed by atoms with Gasteiger partial charge in [0.05, 0.1) is 68.3 Å². The molecule has 12 nitrogen and oxygen atoms in total. The van der Waals surface area contributed by atoms with Gasteiger partial charge in [-0.15, -0.1) is 0 Å². The lowest BCUT2D eigenvalue weighted by Crippen LogP contribution is -2.27. The Labute approximate surface area is 458 Å². The van der Waals surface area contributed by atoms with E-state index in [1.165, 1.54) is 33.4 Å². The third-order valence-corrected chi connectivity index (χ3v) is 15.3. The average Bonchev–Trinajstić information content (AvgIpc) is 3.44. The number of nitrogens with zero attached hydrogens (tertiary/aromatic N) is 12. The Morgan fingerprint density at radius 3 is 0.385 bits per heavy atom. The van der Waals surface area contributed by atoms with Crippen LogP contribution < -0.4 is 0 Å². The summed E-state index contributed by atoms with van der Waals surface area (Å²) >= 11 is 0. The van der Waals surface area contributed by atoms with Crippen LogP contribution in [-0.2, 0) is 118 Å². The first kappa shape index (κ1) is 49.9. The molecule has 12 heteroatoms. The summed E-state index contributed by atoms with van der Waals surface area (Å²) in [6, 6.07) is 66.7. The van der Waals surface area contributed by atoms with Crippen LogP contribution >= 0.6 is 0 Å². The maximum atomic E-state index is 5.29. The quantitative estimate of drug-likeness (QED) is 0.145. The van der Waals surface area contributed by atoms with E-state index in [0.717, 1.165) is 186 Å². The molecule has 0 N–H and O–H groups in total. The molecule has 0 radical (unpaired) electrons. The molecule has 0 saturated heterocycles. The fraction of sp³-hybridized carbons (Fsp3) is 0.273. The van der Waals surface area contributed by atoms with Gasteiger partial charge < -0.3 is 0 Å². The lowest BCUT2D eigenvalue weighted by molar-refractivity contribution is 0.226. The molecule has 13 aliphatic rings. The Morgan fingerprint density at radius 1 is 0.154 bits per heavy atom. The van der Waals surface area contributed by atoms with Crippen molar-refractivity contribution in [2.45, 2.75) is 118 Å². The molecule has 0 atom stereocenters. The van der Waals surface area contributed by atoms with Crippen molar-refractivity contribution in [3.63, 3.8) is 0 Å². The largest absolute Gasteiger partial charge is 0.287 e. The molecule has 78 heavy (non-hydrogen) atoms. The van der Waals surface area contributed by atoms with Crippen LogP contribution in [0.2, 0.25) is 0 Å². The van der Waals surface area contributed by atoms with Gasteiger partial charge in [0.25, 0.3) is 0 Å². The lowest BCUT2D eigenvalue weighted by atomic mass is 10.1. The first-order valence-electron chi connectivity index (χ1n) is 27.7. The standard InChI is InChI=1S/C66H66N12/c1-7-55-37-73-31-49-19-23-51(24-20-49)33-75-41-59-11-3-15-63(69-59)45-77(46-64-16-4-12-60(42-75)70-64)35-53-27-29-54(30-28-53)36-78-47-65-17-5-13-61(71-65)43-76(44-62-14-6-18-66(48-78)72-62)34-52-25-21-50(22-26-52)32-74(38-56(8-1)67-55)40-58-10-2-9-57(39-73)68-58/h1-30H,31-48H2. The van der Waals surface area contributed by atoms with Gasteiger partial charge >= 0.3 is 0 Å². The van der Waals surface area contributed by atoms with E-state index in [-0.39, 0.29) is 0 Å². The molecular formula is C66H66N12. The number of aromatic nitrogens is 6. The van der Waals surface area contributed by atoms with E-state index in [9.17, 15) is 0 Å². The van der Waals surface area contributed by atoms with Crippen LogP contribution in [0.5, 0.6) is 0 Å². The van der Waals surface area contributed by atoms with Crippen molar-refractivity contribution < 1.29 is 0 Å². The molecule has 0 aliphatic carbocycles. The van der Waals surface area contributed by atoms with Crippen LogP contribution in [0.1, 0.15) is 102 Å². The summed E-state index contributed by atoms with van der Waals surface area (Å²) in [5, 5.41) is 0. The molecule has 6 aromatic heterocycles. The van der Waals surface area contributed by atoms with Crippen molar-refractivity contribution in [1.29, 1.82) is 0 Å². The maximum absolute atomic E-state index is 5.29. The Morgan fingerprint density at radius 2 is 0.269 bits per heavy atom. The molecular weight excluding hydrogens is 961 g/mol. The molecule has 3 aromatic carbocycles. The maximum Gasteiger partial charge on any atom is 0.0548 e. The highest BCUT2D eigenvalue weighted by Gasteiger charge is 2.21. The van der Waals surface area contributed by atoms with Gasteiger partial charge in [0, 0.05) is 118 Å². The summed E-state index contributed by atoms with van der Waals surface area (Å²) in [7, 11) is 0. The summed E-state index contributed by atoms with van der Waals surface area (Å²) in [6.07, 6.45) is 0. The minimum absolute atomic E-state index is 0.721. The molecule has 0 unspecified atom stereocenters. The minimum Gasteiger partial charge on any atom is -0.287 e. The molecule has 0 spiro atoms. The SMILES string of the molecule is c1cc2nc(c1)CN1Cc3ccc(cc3)CN3Cc4cccc(n4)CN(Cc4ccc(cc4)CN4Cc5cccc(n5)CN(Cc5ccc(cc5)CN(C2)Cc2cccc(n2)C1)Cc1cccc(n1)C4)Cc1cccc(n1)C3. The molecule has 9 aromatic rings. The van der Waals surface area contributed by atoms with Gasteiger partial charge in [-0.1, -0.05) is 109 Å².